The number of hydrogen-bond acceptors (Lipinski definition) is 4. The first-order chi connectivity index (χ1) is 6.61. The monoisotopic (exact) mass is 203 g/mol. The minimum Gasteiger partial charge on any atom is -0.465 e. The first-order valence-electron chi connectivity index (χ1n) is 5.00. The van der Waals surface area contributed by atoms with Gasteiger partial charge in [-0.2, -0.15) is 0 Å². The van der Waals surface area contributed by atoms with Crippen molar-refractivity contribution in [2.75, 3.05) is 26.9 Å². The molecule has 0 aromatic carbocycles. The Labute approximate surface area is 86.0 Å². The van der Waals surface area contributed by atoms with E-state index >= 15 is 0 Å². The van der Waals surface area contributed by atoms with Gasteiger partial charge in [0, 0.05) is 20.3 Å². The fourth-order valence-electron chi connectivity index (χ4n) is 1.07. The number of carbonyl (C=O) groups excluding carboxylic acids is 1. The van der Waals surface area contributed by atoms with Gasteiger partial charge in [0.15, 0.2) is 0 Å². The SMILES string of the molecule is CCOC(=O)C(C)NCC(C)COC. The van der Waals surface area contributed by atoms with Crippen LogP contribution in [0.1, 0.15) is 20.8 Å². The Morgan fingerprint density at radius 3 is 2.57 bits per heavy atom. The molecule has 0 aromatic heterocycles. The lowest BCUT2D eigenvalue weighted by molar-refractivity contribution is -0.145. The lowest BCUT2D eigenvalue weighted by Crippen LogP contribution is -2.38. The summed E-state index contributed by atoms with van der Waals surface area (Å²) in [6.07, 6.45) is 0. The predicted octanol–water partition coefficient (Wildman–Crippen LogP) is 0.810. The first-order valence-corrected chi connectivity index (χ1v) is 5.00. The minimum atomic E-state index is -0.241. The summed E-state index contributed by atoms with van der Waals surface area (Å²) in [7, 11) is 1.67. The number of rotatable bonds is 7. The van der Waals surface area contributed by atoms with E-state index in [2.05, 4.69) is 12.2 Å². The van der Waals surface area contributed by atoms with Gasteiger partial charge in [-0.05, 0) is 19.8 Å². The molecule has 0 aliphatic heterocycles. The Morgan fingerprint density at radius 1 is 1.43 bits per heavy atom. The van der Waals surface area contributed by atoms with E-state index in [0.29, 0.717) is 19.1 Å². The zero-order chi connectivity index (χ0) is 11.0. The zero-order valence-corrected chi connectivity index (χ0v) is 9.50. The molecule has 0 aromatic rings. The Balaban J connectivity index is 3.61. The molecule has 4 heteroatoms. The maximum absolute atomic E-state index is 11.2. The lowest BCUT2D eigenvalue weighted by Gasteiger charge is -2.15. The van der Waals surface area contributed by atoms with Crippen molar-refractivity contribution in [2.45, 2.75) is 26.8 Å². The summed E-state index contributed by atoms with van der Waals surface area (Å²) < 4.78 is 9.85. The maximum atomic E-state index is 11.2. The van der Waals surface area contributed by atoms with Crippen LogP contribution in [0.15, 0.2) is 0 Å². The van der Waals surface area contributed by atoms with E-state index in [-0.39, 0.29) is 12.0 Å². The summed E-state index contributed by atoms with van der Waals surface area (Å²) in [5.74, 6) is 0.203. The molecule has 4 nitrogen and oxygen atoms in total. The molecule has 0 heterocycles. The van der Waals surface area contributed by atoms with Crippen LogP contribution in [-0.4, -0.2) is 38.9 Å². The van der Waals surface area contributed by atoms with Crippen LogP contribution in [0.2, 0.25) is 0 Å². The molecule has 0 fully saturated rings. The van der Waals surface area contributed by atoms with Crippen LogP contribution in [0.3, 0.4) is 0 Å². The van der Waals surface area contributed by atoms with Crippen molar-refractivity contribution < 1.29 is 14.3 Å². The summed E-state index contributed by atoms with van der Waals surface area (Å²) in [5, 5.41) is 3.10. The van der Waals surface area contributed by atoms with Gasteiger partial charge in [-0.25, -0.2) is 0 Å². The number of carbonyl (C=O) groups is 1. The Morgan fingerprint density at radius 2 is 2.07 bits per heavy atom. The second-order valence-electron chi connectivity index (χ2n) is 3.44. The third-order valence-corrected chi connectivity index (χ3v) is 1.86. The van der Waals surface area contributed by atoms with Crippen LogP contribution in [0, 0.1) is 5.92 Å². The van der Waals surface area contributed by atoms with Crippen molar-refractivity contribution in [1.29, 1.82) is 0 Å². The predicted molar refractivity (Wildman–Crippen MR) is 55.1 cm³/mol. The number of hydrogen-bond donors (Lipinski definition) is 1. The molecule has 0 aliphatic rings. The molecule has 2 atom stereocenters. The molecule has 0 saturated carbocycles. The van der Waals surface area contributed by atoms with Gasteiger partial charge in [0.05, 0.1) is 6.61 Å². The van der Waals surface area contributed by atoms with Crippen molar-refractivity contribution in [3.8, 4) is 0 Å². The largest absolute Gasteiger partial charge is 0.465 e. The molecule has 0 rings (SSSR count). The van der Waals surface area contributed by atoms with Gasteiger partial charge < -0.3 is 14.8 Å². The van der Waals surface area contributed by atoms with E-state index in [1.807, 2.05) is 0 Å². The van der Waals surface area contributed by atoms with Gasteiger partial charge >= 0.3 is 5.97 Å². The van der Waals surface area contributed by atoms with E-state index in [9.17, 15) is 4.79 Å². The standard InChI is InChI=1S/C10H21NO3/c1-5-14-10(12)9(3)11-6-8(2)7-13-4/h8-9,11H,5-7H2,1-4H3. The van der Waals surface area contributed by atoms with Gasteiger partial charge in [-0.1, -0.05) is 6.92 Å². The van der Waals surface area contributed by atoms with Crippen molar-refractivity contribution in [3.63, 3.8) is 0 Å². The van der Waals surface area contributed by atoms with Crippen molar-refractivity contribution in [3.05, 3.63) is 0 Å². The highest BCUT2D eigenvalue weighted by molar-refractivity contribution is 5.75. The smallest absolute Gasteiger partial charge is 0.322 e. The van der Waals surface area contributed by atoms with Crippen LogP contribution in [0.5, 0.6) is 0 Å². The average molecular weight is 203 g/mol. The summed E-state index contributed by atoms with van der Waals surface area (Å²) in [6, 6.07) is -0.241. The number of nitrogens with one attached hydrogen (secondary N) is 1. The van der Waals surface area contributed by atoms with E-state index in [1.165, 1.54) is 0 Å². The normalized spacial score (nSPS) is 14.9. The molecular formula is C10H21NO3. The Bertz CT molecular complexity index is 161. The van der Waals surface area contributed by atoms with Crippen LogP contribution in [0.4, 0.5) is 0 Å². The first kappa shape index (κ1) is 13.4. The fourth-order valence-corrected chi connectivity index (χ4v) is 1.07. The van der Waals surface area contributed by atoms with E-state index in [0.717, 1.165) is 6.54 Å². The van der Waals surface area contributed by atoms with Crippen molar-refractivity contribution in [2.24, 2.45) is 5.92 Å². The quantitative estimate of drug-likeness (QED) is 0.622. The van der Waals surface area contributed by atoms with Crippen LogP contribution >= 0.6 is 0 Å². The zero-order valence-electron chi connectivity index (χ0n) is 9.50. The molecule has 0 aliphatic carbocycles. The summed E-state index contributed by atoms with van der Waals surface area (Å²) >= 11 is 0. The summed E-state index contributed by atoms with van der Waals surface area (Å²) in [4.78, 5) is 11.2. The second-order valence-corrected chi connectivity index (χ2v) is 3.44. The van der Waals surface area contributed by atoms with Crippen LogP contribution in [-0.2, 0) is 14.3 Å². The van der Waals surface area contributed by atoms with Crippen LogP contribution in [0.25, 0.3) is 0 Å². The van der Waals surface area contributed by atoms with Gasteiger partial charge in [-0.15, -0.1) is 0 Å². The molecule has 0 saturated heterocycles. The number of methoxy groups -OCH3 is 1. The topological polar surface area (TPSA) is 47.6 Å². The van der Waals surface area contributed by atoms with Gasteiger partial charge in [0.1, 0.15) is 6.04 Å². The third-order valence-electron chi connectivity index (χ3n) is 1.86. The fraction of sp³-hybridized carbons (Fsp3) is 0.900. The average Bonchev–Trinajstić information content (AvgIpc) is 2.15. The van der Waals surface area contributed by atoms with Crippen molar-refractivity contribution >= 4 is 5.97 Å². The highest BCUT2D eigenvalue weighted by Crippen LogP contribution is 1.95. The highest BCUT2D eigenvalue weighted by Gasteiger charge is 2.13. The van der Waals surface area contributed by atoms with Crippen molar-refractivity contribution in [1.82, 2.24) is 5.32 Å². The van der Waals surface area contributed by atoms with Gasteiger partial charge in [0.25, 0.3) is 0 Å². The Hall–Kier alpha value is -0.610. The third kappa shape index (κ3) is 5.94. The molecule has 84 valence electrons. The molecule has 0 spiro atoms. The molecular weight excluding hydrogens is 182 g/mol. The molecule has 14 heavy (non-hydrogen) atoms. The molecule has 1 N–H and O–H groups in total. The highest BCUT2D eigenvalue weighted by atomic mass is 16.5. The lowest BCUT2D eigenvalue weighted by atomic mass is 10.2. The van der Waals surface area contributed by atoms with Gasteiger partial charge in [0.2, 0.25) is 0 Å². The molecule has 0 bridgehead atoms. The molecule has 0 amide bonds. The van der Waals surface area contributed by atoms with E-state index < -0.39 is 0 Å². The summed E-state index contributed by atoms with van der Waals surface area (Å²) in [5.41, 5.74) is 0. The maximum Gasteiger partial charge on any atom is 0.322 e. The Kier molecular flexibility index (Phi) is 7.42. The summed E-state index contributed by atoms with van der Waals surface area (Å²) in [6.45, 7) is 7.55. The van der Waals surface area contributed by atoms with E-state index in [4.69, 9.17) is 9.47 Å². The second kappa shape index (κ2) is 7.76. The minimum absolute atomic E-state index is 0.197. The molecule has 0 radical (unpaired) electrons. The number of esters is 1. The van der Waals surface area contributed by atoms with E-state index in [1.54, 1.807) is 21.0 Å². The van der Waals surface area contributed by atoms with Crippen LogP contribution < -0.4 is 5.32 Å². The molecule has 2 unspecified atom stereocenters. The number of ether oxygens (including phenoxy) is 2. The van der Waals surface area contributed by atoms with Gasteiger partial charge in [-0.3, -0.25) is 4.79 Å².